The molecule has 0 fully saturated rings. The summed E-state index contributed by atoms with van der Waals surface area (Å²) in [6, 6.07) is 11.6. The lowest BCUT2D eigenvalue weighted by Crippen LogP contribution is -2.00. The number of nitrogens with zero attached hydrogens (tertiary/aromatic N) is 1. The maximum Gasteiger partial charge on any atom is 0.125 e. The first kappa shape index (κ1) is 11.3. The lowest BCUT2D eigenvalue weighted by Gasteiger charge is -2.07. The molecule has 1 aromatic carbocycles. The number of nitrogens with two attached hydrogens (primary N) is 1. The van der Waals surface area contributed by atoms with Crippen LogP contribution in [0.4, 0.5) is 11.5 Å². The first-order chi connectivity index (χ1) is 8.28. The largest absolute Gasteiger partial charge is 0.497 e. The average molecular weight is 229 g/mol. The van der Waals surface area contributed by atoms with Crippen LogP contribution in [0.2, 0.25) is 0 Å². The summed E-state index contributed by atoms with van der Waals surface area (Å²) in [6.07, 6.45) is 1.69. The van der Waals surface area contributed by atoms with Gasteiger partial charge in [0, 0.05) is 24.5 Å². The van der Waals surface area contributed by atoms with Crippen LogP contribution in [0.1, 0.15) is 5.56 Å². The van der Waals surface area contributed by atoms with Crippen molar-refractivity contribution in [1.82, 2.24) is 4.98 Å². The van der Waals surface area contributed by atoms with Crippen molar-refractivity contribution in [1.29, 1.82) is 0 Å². The first-order valence-corrected chi connectivity index (χ1v) is 5.36. The van der Waals surface area contributed by atoms with Crippen LogP contribution in [0.5, 0.6) is 5.75 Å². The van der Waals surface area contributed by atoms with E-state index in [1.54, 1.807) is 13.3 Å². The van der Waals surface area contributed by atoms with Crippen molar-refractivity contribution in [3.63, 3.8) is 0 Å². The van der Waals surface area contributed by atoms with E-state index in [1.807, 2.05) is 36.4 Å². The second kappa shape index (κ2) is 5.21. The van der Waals surface area contributed by atoms with Crippen molar-refractivity contribution < 1.29 is 4.74 Å². The number of anilines is 2. The molecule has 0 saturated carbocycles. The van der Waals surface area contributed by atoms with Gasteiger partial charge in [-0.3, -0.25) is 0 Å². The smallest absolute Gasteiger partial charge is 0.125 e. The topological polar surface area (TPSA) is 60.2 Å². The van der Waals surface area contributed by atoms with Crippen molar-refractivity contribution >= 4 is 11.5 Å². The third-order valence-corrected chi connectivity index (χ3v) is 2.44. The molecule has 0 spiro atoms. The fourth-order valence-corrected chi connectivity index (χ4v) is 1.51. The number of nitrogen functional groups attached to an aromatic ring is 1. The summed E-state index contributed by atoms with van der Waals surface area (Å²) in [5.74, 6) is 1.38. The molecule has 0 unspecified atom stereocenters. The van der Waals surface area contributed by atoms with Crippen molar-refractivity contribution in [3.05, 3.63) is 48.2 Å². The minimum atomic E-state index is 0.518. The molecule has 1 heterocycles. The molecule has 2 rings (SSSR count). The van der Waals surface area contributed by atoms with Gasteiger partial charge in [0.2, 0.25) is 0 Å². The van der Waals surface area contributed by atoms with Crippen molar-refractivity contribution in [2.75, 3.05) is 18.2 Å². The standard InChI is InChI=1S/C13H15N3O/c1-17-12-4-2-10(3-5-12)9-16-11-6-7-15-13(14)8-11/h2-8H,9H2,1H3,(H3,14,15,16). The Morgan fingerprint density at radius 2 is 2.00 bits per heavy atom. The Labute approximate surface area is 100 Å². The Bertz CT molecular complexity index is 482. The van der Waals surface area contributed by atoms with Crippen LogP contribution < -0.4 is 15.8 Å². The molecule has 0 amide bonds. The third-order valence-electron chi connectivity index (χ3n) is 2.44. The summed E-state index contributed by atoms with van der Waals surface area (Å²) in [5, 5.41) is 3.28. The van der Waals surface area contributed by atoms with E-state index in [2.05, 4.69) is 10.3 Å². The molecular weight excluding hydrogens is 214 g/mol. The van der Waals surface area contributed by atoms with Crippen LogP contribution in [-0.2, 0) is 6.54 Å². The summed E-state index contributed by atoms with van der Waals surface area (Å²) in [6.45, 7) is 0.743. The zero-order valence-electron chi connectivity index (χ0n) is 9.68. The zero-order valence-corrected chi connectivity index (χ0v) is 9.68. The van der Waals surface area contributed by atoms with Gasteiger partial charge in [0.15, 0.2) is 0 Å². The number of nitrogens with one attached hydrogen (secondary N) is 1. The monoisotopic (exact) mass is 229 g/mol. The maximum atomic E-state index is 5.60. The van der Waals surface area contributed by atoms with Crippen molar-refractivity contribution in [3.8, 4) is 5.75 Å². The fourth-order valence-electron chi connectivity index (χ4n) is 1.51. The van der Waals surface area contributed by atoms with E-state index >= 15 is 0 Å². The Morgan fingerprint density at radius 3 is 2.65 bits per heavy atom. The molecule has 17 heavy (non-hydrogen) atoms. The fraction of sp³-hybridized carbons (Fsp3) is 0.154. The minimum Gasteiger partial charge on any atom is -0.497 e. The van der Waals surface area contributed by atoms with Gasteiger partial charge in [-0.15, -0.1) is 0 Å². The second-order valence-electron chi connectivity index (χ2n) is 3.67. The number of hydrogen-bond acceptors (Lipinski definition) is 4. The Balaban J connectivity index is 1.97. The van der Waals surface area contributed by atoms with Crippen LogP contribution in [-0.4, -0.2) is 12.1 Å². The maximum absolute atomic E-state index is 5.60. The van der Waals surface area contributed by atoms with E-state index in [4.69, 9.17) is 10.5 Å². The van der Waals surface area contributed by atoms with Gasteiger partial charge in [0.05, 0.1) is 7.11 Å². The predicted molar refractivity (Wildman–Crippen MR) is 69.0 cm³/mol. The lowest BCUT2D eigenvalue weighted by molar-refractivity contribution is 0.414. The number of pyridine rings is 1. The van der Waals surface area contributed by atoms with Crippen LogP contribution in [0, 0.1) is 0 Å². The van der Waals surface area contributed by atoms with Gasteiger partial charge in [-0.2, -0.15) is 0 Å². The van der Waals surface area contributed by atoms with Gasteiger partial charge in [0.1, 0.15) is 11.6 Å². The number of benzene rings is 1. The highest BCUT2D eigenvalue weighted by Gasteiger charge is 1.96. The van der Waals surface area contributed by atoms with Crippen molar-refractivity contribution in [2.24, 2.45) is 0 Å². The van der Waals surface area contributed by atoms with Crippen LogP contribution in [0.3, 0.4) is 0 Å². The molecule has 0 saturated heterocycles. The molecule has 4 heteroatoms. The number of methoxy groups -OCH3 is 1. The molecule has 0 atom stereocenters. The predicted octanol–water partition coefficient (Wildman–Crippen LogP) is 2.28. The summed E-state index contributed by atoms with van der Waals surface area (Å²) >= 11 is 0. The van der Waals surface area contributed by atoms with E-state index in [1.165, 1.54) is 5.56 Å². The summed E-state index contributed by atoms with van der Waals surface area (Å²) in [5.41, 5.74) is 7.75. The highest BCUT2D eigenvalue weighted by atomic mass is 16.5. The molecule has 1 aromatic heterocycles. The van der Waals surface area contributed by atoms with Gasteiger partial charge in [-0.05, 0) is 23.8 Å². The molecule has 88 valence electrons. The highest BCUT2D eigenvalue weighted by Crippen LogP contribution is 2.14. The van der Waals surface area contributed by atoms with E-state index in [0.29, 0.717) is 5.82 Å². The van der Waals surface area contributed by atoms with Gasteiger partial charge in [-0.1, -0.05) is 12.1 Å². The van der Waals surface area contributed by atoms with Crippen LogP contribution in [0.25, 0.3) is 0 Å². The SMILES string of the molecule is COc1ccc(CNc2ccnc(N)c2)cc1. The quantitative estimate of drug-likeness (QED) is 0.844. The van der Waals surface area contributed by atoms with Crippen LogP contribution >= 0.6 is 0 Å². The van der Waals surface area contributed by atoms with Crippen LogP contribution in [0.15, 0.2) is 42.6 Å². The number of aromatic nitrogens is 1. The first-order valence-electron chi connectivity index (χ1n) is 5.36. The van der Waals surface area contributed by atoms with Gasteiger partial charge >= 0.3 is 0 Å². The Kier molecular flexibility index (Phi) is 3.45. The average Bonchev–Trinajstić information content (AvgIpc) is 2.37. The summed E-state index contributed by atoms with van der Waals surface area (Å²) < 4.78 is 5.10. The second-order valence-corrected chi connectivity index (χ2v) is 3.67. The van der Waals surface area contributed by atoms with E-state index < -0.39 is 0 Å². The number of rotatable bonds is 4. The molecular formula is C13H15N3O. The summed E-state index contributed by atoms with van der Waals surface area (Å²) in [7, 11) is 1.66. The molecule has 0 aliphatic carbocycles. The Hall–Kier alpha value is -2.23. The Morgan fingerprint density at radius 1 is 1.24 bits per heavy atom. The van der Waals surface area contributed by atoms with Gasteiger partial charge in [0.25, 0.3) is 0 Å². The normalized spacial score (nSPS) is 9.94. The lowest BCUT2D eigenvalue weighted by atomic mass is 10.2. The molecule has 0 bridgehead atoms. The molecule has 4 nitrogen and oxygen atoms in total. The van der Waals surface area contributed by atoms with Crippen molar-refractivity contribution in [2.45, 2.75) is 6.54 Å². The molecule has 0 aliphatic heterocycles. The molecule has 0 aliphatic rings. The minimum absolute atomic E-state index is 0.518. The molecule has 0 radical (unpaired) electrons. The molecule has 2 aromatic rings. The van der Waals surface area contributed by atoms with Gasteiger partial charge < -0.3 is 15.8 Å². The number of ether oxygens (including phenoxy) is 1. The summed E-state index contributed by atoms with van der Waals surface area (Å²) in [4.78, 5) is 3.94. The molecule has 3 N–H and O–H groups in total. The van der Waals surface area contributed by atoms with E-state index in [9.17, 15) is 0 Å². The van der Waals surface area contributed by atoms with E-state index in [-0.39, 0.29) is 0 Å². The van der Waals surface area contributed by atoms with E-state index in [0.717, 1.165) is 18.0 Å². The van der Waals surface area contributed by atoms with Gasteiger partial charge in [-0.25, -0.2) is 4.98 Å². The highest BCUT2D eigenvalue weighted by molar-refractivity contribution is 5.50. The third kappa shape index (κ3) is 3.11. The number of hydrogen-bond donors (Lipinski definition) is 2. The zero-order chi connectivity index (χ0) is 12.1.